The summed E-state index contributed by atoms with van der Waals surface area (Å²) in [4.78, 5) is 17.7. The van der Waals surface area contributed by atoms with Gasteiger partial charge < -0.3 is 4.98 Å². The Morgan fingerprint density at radius 1 is 1.24 bits per heavy atom. The molecule has 0 unspecified atom stereocenters. The van der Waals surface area contributed by atoms with Gasteiger partial charge in [-0.25, -0.2) is 13.8 Å². The summed E-state index contributed by atoms with van der Waals surface area (Å²) in [5.41, 5.74) is 0.262. The highest BCUT2D eigenvalue weighted by atomic mass is 35.5. The van der Waals surface area contributed by atoms with E-state index in [1.54, 1.807) is 0 Å². The monoisotopic (exact) mass is 256 g/mol. The van der Waals surface area contributed by atoms with Gasteiger partial charge in [0.2, 0.25) is 0 Å². The lowest BCUT2D eigenvalue weighted by molar-refractivity contribution is 0.509. The summed E-state index contributed by atoms with van der Waals surface area (Å²) >= 11 is 5.57. The predicted molar refractivity (Wildman–Crippen MR) is 59.8 cm³/mol. The summed E-state index contributed by atoms with van der Waals surface area (Å²) in [5, 5.41) is 0. The number of benzene rings is 1. The minimum Gasteiger partial charge on any atom is -0.307 e. The van der Waals surface area contributed by atoms with Gasteiger partial charge in [-0.1, -0.05) is 0 Å². The fourth-order valence-corrected chi connectivity index (χ4v) is 1.49. The number of rotatable bonds is 2. The highest BCUT2D eigenvalue weighted by molar-refractivity contribution is 6.16. The normalized spacial score (nSPS) is 10.5. The molecule has 0 amide bonds. The molecular formula is C11H7ClF2N2O. The van der Waals surface area contributed by atoms with Crippen LogP contribution in [0.25, 0.3) is 11.4 Å². The van der Waals surface area contributed by atoms with Crippen molar-refractivity contribution in [3.63, 3.8) is 0 Å². The molecule has 0 saturated heterocycles. The summed E-state index contributed by atoms with van der Waals surface area (Å²) < 4.78 is 25.8. The number of H-pyrrole nitrogens is 1. The summed E-state index contributed by atoms with van der Waals surface area (Å²) in [6, 6.07) is 4.51. The maximum atomic E-state index is 13.0. The molecule has 0 aliphatic heterocycles. The van der Waals surface area contributed by atoms with Crippen molar-refractivity contribution in [3.8, 4) is 11.4 Å². The van der Waals surface area contributed by atoms with Gasteiger partial charge in [0.05, 0.1) is 11.6 Å². The van der Waals surface area contributed by atoms with E-state index in [1.807, 2.05) is 0 Å². The average molecular weight is 257 g/mol. The number of aromatic amines is 1. The van der Waals surface area contributed by atoms with Gasteiger partial charge >= 0.3 is 0 Å². The molecule has 1 aromatic heterocycles. The van der Waals surface area contributed by atoms with Gasteiger partial charge in [0.25, 0.3) is 5.56 Å². The lowest BCUT2D eigenvalue weighted by Gasteiger charge is -2.03. The van der Waals surface area contributed by atoms with E-state index in [9.17, 15) is 13.6 Å². The third-order valence-electron chi connectivity index (χ3n) is 2.12. The molecule has 0 aliphatic carbocycles. The van der Waals surface area contributed by atoms with E-state index < -0.39 is 17.2 Å². The number of nitrogens with zero attached hydrogens (tertiary/aromatic N) is 1. The lowest BCUT2D eigenvalue weighted by Crippen LogP contribution is -2.09. The Morgan fingerprint density at radius 2 is 2.00 bits per heavy atom. The number of aromatic nitrogens is 2. The van der Waals surface area contributed by atoms with Crippen molar-refractivity contribution in [2.75, 3.05) is 0 Å². The largest absolute Gasteiger partial charge is 0.307 e. The molecule has 0 bridgehead atoms. The third kappa shape index (κ3) is 2.50. The smallest absolute Gasteiger partial charge is 0.251 e. The van der Waals surface area contributed by atoms with Crippen molar-refractivity contribution in [3.05, 3.63) is 51.9 Å². The zero-order chi connectivity index (χ0) is 12.4. The van der Waals surface area contributed by atoms with Crippen molar-refractivity contribution in [2.45, 2.75) is 5.88 Å². The molecule has 6 heteroatoms. The quantitative estimate of drug-likeness (QED) is 0.839. The summed E-state index contributed by atoms with van der Waals surface area (Å²) in [5.74, 6) is -1.72. The Labute approximate surface area is 100 Å². The Kier molecular flexibility index (Phi) is 3.19. The van der Waals surface area contributed by atoms with E-state index in [-0.39, 0.29) is 17.3 Å². The number of hydrogen-bond donors (Lipinski definition) is 1. The molecule has 88 valence electrons. The van der Waals surface area contributed by atoms with E-state index >= 15 is 0 Å². The van der Waals surface area contributed by atoms with Crippen molar-refractivity contribution in [2.24, 2.45) is 0 Å². The van der Waals surface area contributed by atoms with Gasteiger partial charge in [0, 0.05) is 11.6 Å². The number of hydrogen-bond acceptors (Lipinski definition) is 2. The average Bonchev–Trinajstić information content (AvgIpc) is 2.32. The van der Waals surface area contributed by atoms with Crippen LogP contribution in [0.5, 0.6) is 0 Å². The van der Waals surface area contributed by atoms with E-state index in [0.29, 0.717) is 5.69 Å². The molecule has 1 heterocycles. The van der Waals surface area contributed by atoms with Gasteiger partial charge in [-0.05, 0) is 18.2 Å². The first-order valence-corrected chi connectivity index (χ1v) is 5.25. The van der Waals surface area contributed by atoms with Gasteiger partial charge in [-0.15, -0.1) is 11.6 Å². The van der Waals surface area contributed by atoms with Gasteiger partial charge in [-0.2, -0.15) is 0 Å². The van der Waals surface area contributed by atoms with Gasteiger partial charge in [0.15, 0.2) is 11.6 Å². The molecule has 1 aromatic carbocycles. The van der Waals surface area contributed by atoms with Gasteiger partial charge in [-0.3, -0.25) is 4.79 Å². The molecule has 0 fully saturated rings. The first kappa shape index (κ1) is 11.7. The first-order chi connectivity index (χ1) is 8.10. The Morgan fingerprint density at radius 3 is 2.65 bits per heavy atom. The number of nitrogens with one attached hydrogen (secondary N) is 1. The van der Waals surface area contributed by atoms with Crippen LogP contribution in [-0.4, -0.2) is 9.97 Å². The molecular weight excluding hydrogens is 250 g/mol. The van der Waals surface area contributed by atoms with Crippen LogP contribution in [0.1, 0.15) is 5.69 Å². The Balaban J connectivity index is 2.55. The van der Waals surface area contributed by atoms with E-state index in [2.05, 4.69) is 9.97 Å². The minimum absolute atomic E-state index is 0.0700. The second-order valence-electron chi connectivity index (χ2n) is 3.35. The predicted octanol–water partition coefficient (Wildman–Crippen LogP) is 2.45. The second-order valence-corrected chi connectivity index (χ2v) is 3.62. The standard InChI is InChI=1S/C11H7ClF2N2O/c12-5-7-4-10(17)16-11(15-7)6-1-2-8(13)9(14)3-6/h1-4H,5H2,(H,15,16,17). The Bertz CT molecular complexity index is 613. The van der Waals surface area contributed by atoms with Crippen LogP contribution >= 0.6 is 11.6 Å². The summed E-state index contributed by atoms with van der Waals surface area (Å²) in [6.45, 7) is 0. The molecule has 2 rings (SSSR count). The second kappa shape index (κ2) is 4.63. The van der Waals surface area contributed by atoms with Crippen LogP contribution in [0.4, 0.5) is 8.78 Å². The lowest BCUT2D eigenvalue weighted by atomic mass is 10.2. The van der Waals surface area contributed by atoms with Crippen LogP contribution in [0.2, 0.25) is 0 Å². The third-order valence-corrected chi connectivity index (χ3v) is 2.40. The van der Waals surface area contributed by atoms with Crippen molar-refractivity contribution >= 4 is 11.6 Å². The molecule has 17 heavy (non-hydrogen) atoms. The van der Waals surface area contributed by atoms with Crippen molar-refractivity contribution in [1.29, 1.82) is 0 Å². The fraction of sp³-hybridized carbons (Fsp3) is 0.0909. The van der Waals surface area contributed by atoms with Crippen LogP contribution in [0.15, 0.2) is 29.1 Å². The van der Waals surface area contributed by atoms with Crippen LogP contribution in [-0.2, 0) is 5.88 Å². The zero-order valence-electron chi connectivity index (χ0n) is 8.51. The molecule has 0 atom stereocenters. The topological polar surface area (TPSA) is 45.8 Å². The maximum Gasteiger partial charge on any atom is 0.251 e. The Hall–Kier alpha value is -1.75. The molecule has 0 radical (unpaired) electrons. The van der Waals surface area contributed by atoms with Crippen LogP contribution < -0.4 is 5.56 Å². The van der Waals surface area contributed by atoms with Crippen molar-refractivity contribution < 1.29 is 8.78 Å². The van der Waals surface area contributed by atoms with E-state index in [1.165, 1.54) is 12.1 Å². The van der Waals surface area contributed by atoms with Crippen LogP contribution in [0.3, 0.4) is 0 Å². The van der Waals surface area contributed by atoms with Crippen LogP contribution in [0, 0.1) is 11.6 Å². The zero-order valence-corrected chi connectivity index (χ0v) is 9.26. The number of halogens is 3. The fourth-order valence-electron chi connectivity index (χ4n) is 1.36. The number of alkyl halides is 1. The summed E-state index contributed by atoms with van der Waals surface area (Å²) in [7, 11) is 0. The molecule has 0 aliphatic rings. The summed E-state index contributed by atoms with van der Waals surface area (Å²) in [6.07, 6.45) is 0. The van der Waals surface area contributed by atoms with E-state index in [4.69, 9.17) is 11.6 Å². The van der Waals surface area contributed by atoms with E-state index in [0.717, 1.165) is 12.1 Å². The molecule has 0 spiro atoms. The molecule has 3 nitrogen and oxygen atoms in total. The maximum absolute atomic E-state index is 13.0. The SMILES string of the molecule is O=c1cc(CCl)nc(-c2ccc(F)c(F)c2)[nH]1. The molecule has 1 N–H and O–H groups in total. The highest BCUT2D eigenvalue weighted by Gasteiger charge is 2.07. The van der Waals surface area contributed by atoms with Gasteiger partial charge in [0.1, 0.15) is 5.82 Å². The highest BCUT2D eigenvalue weighted by Crippen LogP contribution is 2.17. The van der Waals surface area contributed by atoms with Crippen molar-refractivity contribution in [1.82, 2.24) is 9.97 Å². The molecule has 0 saturated carbocycles. The first-order valence-electron chi connectivity index (χ1n) is 4.72. The molecule has 2 aromatic rings. The minimum atomic E-state index is -0.999.